The Morgan fingerprint density at radius 2 is 2.22 bits per heavy atom. The number of nitrogens with zero attached hydrogens (tertiary/aromatic N) is 1. The third kappa shape index (κ3) is 1.97. The molecule has 1 aromatic carbocycles. The third-order valence-electron chi connectivity index (χ3n) is 3.76. The fourth-order valence-electron chi connectivity index (χ4n) is 2.46. The summed E-state index contributed by atoms with van der Waals surface area (Å²) < 4.78 is 0. The molecule has 1 fully saturated rings. The number of aliphatic hydroxyl groups excluding tert-OH is 1. The van der Waals surface area contributed by atoms with Crippen LogP contribution in [0.2, 0.25) is 0 Å². The molecule has 1 atom stereocenters. The molecule has 18 heavy (non-hydrogen) atoms. The molecule has 1 saturated carbocycles. The highest BCUT2D eigenvalue weighted by atomic mass is 16.3. The van der Waals surface area contributed by atoms with Gasteiger partial charge in [0.05, 0.1) is 0 Å². The maximum absolute atomic E-state index is 11.4. The van der Waals surface area contributed by atoms with Gasteiger partial charge < -0.3 is 15.3 Å². The highest BCUT2D eigenvalue weighted by Gasteiger charge is 2.29. The fraction of sp³-hybridized carbons (Fsp3) is 0.500. The molecule has 96 valence electrons. The van der Waals surface area contributed by atoms with E-state index in [0.29, 0.717) is 5.56 Å². The van der Waals surface area contributed by atoms with Crippen LogP contribution in [0, 0.1) is 5.92 Å². The molecule has 4 nitrogen and oxygen atoms in total. The second kappa shape index (κ2) is 4.28. The van der Waals surface area contributed by atoms with Crippen LogP contribution in [0.5, 0.6) is 0 Å². The Morgan fingerprint density at radius 1 is 1.44 bits per heavy atom. The summed E-state index contributed by atoms with van der Waals surface area (Å²) in [5.74, 6) is 0.505. The Bertz CT molecular complexity index is 483. The largest absolute Gasteiger partial charge is 0.378 e. The Balaban J connectivity index is 1.85. The number of fused-ring (bicyclic) bond motifs is 1. The smallest absolute Gasteiger partial charge is 0.257 e. The van der Waals surface area contributed by atoms with E-state index >= 15 is 0 Å². The van der Waals surface area contributed by atoms with Gasteiger partial charge >= 0.3 is 0 Å². The molecule has 3 rings (SSSR count). The van der Waals surface area contributed by atoms with E-state index in [0.717, 1.165) is 30.4 Å². The molecule has 4 heteroatoms. The highest BCUT2D eigenvalue weighted by Crippen LogP contribution is 2.36. The lowest BCUT2D eigenvalue weighted by Crippen LogP contribution is -2.25. The number of hydrogen-bond acceptors (Lipinski definition) is 3. The van der Waals surface area contributed by atoms with E-state index < -0.39 is 6.10 Å². The van der Waals surface area contributed by atoms with Crippen molar-refractivity contribution in [2.45, 2.75) is 25.9 Å². The average molecular weight is 246 g/mol. The number of carbonyl (C=O) groups is 1. The summed E-state index contributed by atoms with van der Waals surface area (Å²) in [4.78, 5) is 13.7. The highest BCUT2D eigenvalue weighted by molar-refractivity contribution is 6.02. The van der Waals surface area contributed by atoms with E-state index in [1.54, 1.807) is 0 Å². The molecule has 1 aliphatic heterocycles. The van der Waals surface area contributed by atoms with Crippen molar-refractivity contribution < 1.29 is 9.90 Å². The number of carbonyl (C=O) groups excluding carboxylic acids is 1. The second-order valence-electron chi connectivity index (χ2n) is 5.15. The van der Waals surface area contributed by atoms with Crippen LogP contribution in [0.3, 0.4) is 0 Å². The minimum Gasteiger partial charge on any atom is -0.378 e. The lowest BCUT2D eigenvalue weighted by Gasteiger charge is -2.23. The van der Waals surface area contributed by atoms with E-state index in [2.05, 4.69) is 17.1 Å². The van der Waals surface area contributed by atoms with Crippen molar-refractivity contribution in [2.75, 3.05) is 23.3 Å². The fourth-order valence-corrected chi connectivity index (χ4v) is 2.46. The summed E-state index contributed by atoms with van der Waals surface area (Å²) in [7, 11) is 0. The van der Waals surface area contributed by atoms with Gasteiger partial charge in [0.1, 0.15) is 0 Å². The Hall–Kier alpha value is -1.55. The van der Waals surface area contributed by atoms with Gasteiger partial charge in [-0.2, -0.15) is 0 Å². The summed E-state index contributed by atoms with van der Waals surface area (Å²) in [5.41, 5.74) is 2.56. The molecule has 0 spiro atoms. The predicted molar refractivity (Wildman–Crippen MR) is 70.6 cm³/mol. The number of nitrogens with one attached hydrogen (secondary N) is 1. The van der Waals surface area contributed by atoms with Gasteiger partial charge in [-0.1, -0.05) is 6.07 Å². The average Bonchev–Trinajstić information content (AvgIpc) is 3.14. The number of rotatable bonds is 4. The van der Waals surface area contributed by atoms with Gasteiger partial charge in [0, 0.05) is 30.0 Å². The van der Waals surface area contributed by atoms with Crippen LogP contribution in [0.15, 0.2) is 18.2 Å². The van der Waals surface area contributed by atoms with Crippen molar-refractivity contribution in [3.05, 3.63) is 23.8 Å². The van der Waals surface area contributed by atoms with E-state index in [4.69, 9.17) is 0 Å². The number of hydrogen-bond donors (Lipinski definition) is 2. The number of benzene rings is 1. The molecule has 2 aliphatic rings. The van der Waals surface area contributed by atoms with E-state index in [9.17, 15) is 9.90 Å². The van der Waals surface area contributed by atoms with Gasteiger partial charge in [0.25, 0.3) is 5.91 Å². The minimum atomic E-state index is -1.01. The molecule has 1 aromatic rings. The quantitative estimate of drug-likeness (QED) is 0.853. The standard InChI is InChI=1S/C14H18N2O2/c1-2-16(8-9-3-4-9)10-5-6-11-12(7-10)15-14(18)13(11)17/h5-7,9,13,17H,2-4,8H2,1H3,(H,15,18). The minimum absolute atomic E-state index is 0.326. The van der Waals surface area contributed by atoms with Gasteiger partial charge in [0.15, 0.2) is 6.10 Å². The first-order valence-corrected chi connectivity index (χ1v) is 6.57. The lowest BCUT2D eigenvalue weighted by molar-refractivity contribution is -0.123. The molecule has 0 aromatic heterocycles. The molecule has 0 radical (unpaired) electrons. The number of anilines is 2. The maximum atomic E-state index is 11.4. The van der Waals surface area contributed by atoms with Crippen molar-refractivity contribution >= 4 is 17.3 Å². The molecule has 1 amide bonds. The first-order chi connectivity index (χ1) is 8.69. The van der Waals surface area contributed by atoms with Crippen molar-refractivity contribution in [3.63, 3.8) is 0 Å². The van der Waals surface area contributed by atoms with Crippen LogP contribution in [0.4, 0.5) is 11.4 Å². The zero-order valence-corrected chi connectivity index (χ0v) is 10.5. The number of aliphatic hydroxyl groups is 1. The zero-order valence-electron chi connectivity index (χ0n) is 10.5. The normalized spacial score (nSPS) is 21.7. The van der Waals surface area contributed by atoms with E-state index in [1.807, 2.05) is 18.2 Å². The van der Waals surface area contributed by atoms with Crippen molar-refractivity contribution in [3.8, 4) is 0 Å². The predicted octanol–water partition coefficient (Wildman–Crippen LogP) is 1.91. The maximum Gasteiger partial charge on any atom is 0.257 e. The van der Waals surface area contributed by atoms with Crippen molar-refractivity contribution in [1.82, 2.24) is 0 Å². The van der Waals surface area contributed by atoms with Crippen LogP contribution in [0.25, 0.3) is 0 Å². The topological polar surface area (TPSA) is 52.6 Å². The van der Waals surface area contributed by atoms with Gasteiger partial charge in [-0.25, -0.2) is 0 Å². The SMILES string of the molecule is CCN(CC1CC1)c1ccc2c(c1)NC(=O)C2O. The van der Waals surface area contributed by atoms with E-state index in [1.165, 1.54) is 12.8 Å². The Labute approximate surface area is 107 Å². The summed E-state index contributed by atoms with van der Waals surface area (Å²) in [6.07, 6.45) is 1.65. The second-order valence-corrected chi connectivity index (χ2v) is 5.15. The van der Waals surface area contributed by atoms with Crippen LogP contribution in [0.1, 0.15) is 31.4 Å². The molecule has 0 saturated heterocycles. The Kier molecular flexibility index (Phi) is 2.74. The molecule has 0 bridgehead atoms. The van der Waals surface area contributed by atoms with Gasteiger partial charge in [-0.3, -0.25) is 4.79 Å². The Morgan fingerprint density at radius 3 is 2.89 bits per heavy atom. The van der Waals surface area contributed by atoms with Crippen LogP contribution < -0.4 is 10.2 Å². The third-order valence-corrected chi connectivity index (χ3v) is 3.76. The first kappa shape index (κ1) is 11.5. The summed E-state index contributed by atoms with van der Waals surface area (Å²) in [6.45, 7) is 4.20. The molecular weight excluding hydrogens is 228 g/mol. The lowest BCUT2D eigenvalue weighted by atomic mass is 10.1. The monoisotopic (exact) mass is 246 g/mol. The van der Waals surface area contributed by atoms with Crippen molar-refractivity contribution in [1.29, 1.82) is 0 Å². The van der Waals surface area contributed by atoms with Crippen molar-refractivity contribution in [2.24, 2.45) is 5.92 Å². The molecule has 2 N–H and O–H groups in total. The van der Waals surface area contributed by atoms with Gasteiger partial charge in [0.2, 0.25) is 0 Å². The van der Waals surface area contributed by atoms with Gasteiger partial charge in [-0.05, 0) is 37.8 Å². The zero-order chi connectivity index (χ0) is 12.7. The first-order valence-electron chi connectivity index (χ1n) is 6.57. The molecule has 1 heterocycles. The molecule has 1 aliphatic carbocycles. The van der Waals surface area contributed by atoms with Gasteiger partial charge in [-0.15, -0.1) is 0 Å². The van der Waals surface area contributed by atoms with Crippen LogP contribution in [-0.4, -0.2) is 24.1 Å². The van der Waals surface area contributed by atoms with E-state index in [-0.39, 0.29) is 5.91 Å². The van der Waals surface area contributed by atoms with Crippen LogP contribution >= 0.6 is 0 Å². The summed E-state index contributed by atoms with van der Waals surface area (Å²) >= 11 is 0. The number of amides is 1. The van der Waals surface area contributed by atoms with Crippen LogP contribution in [-0.2, 0) is 4.79 Å². The molecular formula is C14H18N2O2. The summed E-state index contributed by atoms with van der Waals surface area (Å²) in [5, 5.41) is 12.4. The summed E-state index contributed by atoms with van der Waals surface area (Å²) in [6, 6.07) is 5.81. The molecule has 1 unspecified atom stereocenters.